The van der Waals surface area contributed by atoms with Crippen molar-refractivity contribution < 1.29 is 4.79 Å². The van der Waals surface area contributed by atoms with E-state index in [0.717, 1.165) is 30.1 Å². The Morgan fingerprint density at radius 3 is 3.00 bits per heavy atom. The summed E-state index contributed by atoms with van der Waals surface area (Å²) >= 11 is 5.91. The third-order valence-electron chi connectivity index (χ3n) is 3.46. The third-order valence-corrected chi connectivity index (χ3v) is 3.69. The summed E-state index contributed by atoms with van der Waals surface area (Å²) in [6.45, 7) is 4.51. The van der Waals surface area contributed by atoms with Crippen molar-refractivity contribution in [2.45, 2.75) is 13.3 Å². The van der Waals surface area contributed by atoms with Crippen molar-refractivity contribution in [1.29, 1.82) is 0 Å². The molecule has 18 heavy (non-hydrogen) atoms. The number of carbonyl (C=O) groups excluding carboxylic acids is 1. The molecule has 1 fully saturated rings. The van der Waals surface area contributed by atoms with Crippen LogP contribution in [0.1, 0.15) is 12.5 Å². The highest BCUT2D eigenvalue weighted by Crippen LogP contribution is 2.15. The summed E-state index contributed by atoms with van der Waals surface area (Å²) in [7, 11) is 0. The number of hydrogen-bond acceptors (Lipinski definition) is 2. The minimum atomic E-state index is 0.115. The second-order valence-corrected chi connectivity index (χ2v) is 5.35. The van der Waals surface area contributed by atoms with Crippen LogP contribution in [-0.4, -0.2) is 25.5 Å². The van der Waals surface area contributed by atoms with Gasteiger partial charge in [-0.25, -0.2) is 0 Å². The van der Waals surface area contributed by atoms with Crippen LogP contribution in [0.5, 0.6) is 0 Å². The first-order chi connectivity index (χ1) is 8.66. The minimum absolute atomic E-state index is 0.115. The molecule has 0 spiro atoms. The molecule has 0 unspecified atom stereocenters. The van der Waals surface area contributed by atoms with Gasteiger partial charge in [-0.15, -0.1) is 0 Å². The molecule has 1 saturated heterocycles. The van der Waals surface area contributed by atoms with E-state index in [4.69, 9.17) is 11.6 Å². The van der Waals surface area contributed by atoms with Crippen LogP contribution in [0.25, 0.3) is 0 Å². The average molecular weight is 267 g/mol. The zero-order valence-electron chi connectivity index (χ0n) is 10.6. The summed E-state index contributed by atoms with van der Waals surface area (Å²) in [5.41, 5.74) is 1.15. The van der Waals surface area contributed by atoms with Gasteiger partial charge in [-0.05, 0) is 36.6 Å². The lowest BCUT2D eigenvalue weighted by atomic mass is 9.97. The molecule has 0 bridgehead atoms. The number of amides is 1. The zero-order valence-corrected chi connectivity index (χ0v) is 11.3. The van der Waals surface area contributed by atoms with Crippen LogP contribution in [0.2, 0.25) is 5.02 Å². The molecule has 0 radical (unpaired) electrons. The van der Waals surface area contributed by atoms with E-state index >= 15 is 0 Å². The van der Waals surface area contributed by atoms with Crippen molar-refractivity contribution in [1.82, 2.24) is 10.6 Å². The second-order valence-electron chi connectivity index (χ2n) is 4.91. The fourth-order valence-corrected chi connectivity index (χ4v) is 2.53. The van der Waals surface area contributed by atoms with E-state index in [1.165, 1.54) is 0 Å². The average Bonchev–Trinajstić information content (AvgIpc) is 2.75. The molecule has 2 N–H and O–H groups in total. The molecule has 3 nitrogen and oxygen atoms in total. The summed E-state index contributed by atoms with van der Waals surface area (Å²) in [5.74, 6) is 0.704. The Balaban J connectivity index is 1.77. The molecule has 0 saturated carbocycles. The van der Waals surface area contributed by atoms with Gasteiger partial charge in [-0.2, -0.15) is 0 Å². The van der Waals surface area contributed by atoms with Crippen molar-refractivity contribution in [3.8, 4) is 0 Å². The minimum Gasteiger partial charge on any atom is -0.355 e. The molecule has 2 rings (SSSR count). The lowest BCUT2D eigenvalue weighted by molar-refractivity contribution is -0.125. The first-order valence-electron chi connectivity index (χ1n) is 6.39. The fraction of sp³-hybridized carbons (Fsp3) is 0.500. The summed E-state index contributed by atoms with van der Waals surface area (Å²) < 4.78 is 0. The predicted molar refractivity (Wildman–Crippen MR) is 73.7 cm³/mol. The predicted octanol–water partition coefficient (Wildman–Crippen LogP) is 1.85. The molecule has 4 heteroatoms. The van der Waals surface area contributed by atoms with Gasteiger partial charge in [-0.3, -0.25) is 4.79 Å². The van der Waals surface area contributed by atoms with E-state index in [1.807, 2.05) is 24.3 Å². The van der Waals surface area contributed by atoms with Gasteiger partial charge >= 0.3 is 0 Å². The Kier molecular flexibility index (Phi) is 4.61. The van der Waals surface area contributed by atoms with Crippen LogP contribution in [0.15, 0.2) is 24.3 Å². The highest BCUT2D eigenvalue weighted by atomic mass is 35.5. The van der Waals surface area contributed by atoms with Crippen LogP contribution in [0.4, 0.5) is 0 Å². The van der Waals surface area contributed by atoms with Gasteiger partial charge in [0.25, 0.3) is 0 Å². The molecular formula is C14H19ClN2O. The molecule has 1 amide bonds. The van der Waals surface area contributed by atoms with E-state index in [0.29, 0.717) is 12.5 Å². The monoisotopic (exact) mass is 266 g/mol. The van der Waals surface area contributed by atoms with E-state index in [2.05, 4.69) is 17.6 Å². The van der Waals surface area contributed by atoms with Gasteiger partial charge in [0.05, 0.1) is 5.92 Å². The highest BCUT2D eigenvalue weighted by molar-refractivity contribution is 6.30. The first-order valence-corrected chi connectivity index (χ1v) is 6.77. The summed E-state index contributed by atoms with van der Waals surface area (Å²) in [4.78, 5) is 11.9. The molecule has 98 valence electrons. The van der Waals surface area contributed by atoms with Crippen molar-refractivity contribution in [3.63, 3.8) is 0 Å². The van der Waals surface area contributed by atoms with Crippen molar-refractivity contribution in [3.05, 3.63) is 34.9 Å². The lowest BCUT2D eigenvalue weighted by Gasteiger charge is -2.14. The number of carbonyl (C=O) groups is 1. The number of hydrogen-bond donors (Lipinski definition) is 2. The van der Waals surface area contributed by atoms with Gasteiger partial charge in [0.2, 0.25) is 5.91 Å². The van der Waals surface area contributed by atoms with E-state index in [1.54, 1.807) is 0 Å². The van der Waals surface area contributed by atoms with Gasteiger partial charge in [0, 0.05) is 18.1 Å². The topological polar surface area (TPSA) is 41.1 Å². The summed E-state index contributed by atoms with van der Waals surface area (Å²) in [6.07, 6.45) is 0.820. The summed E-state index contributed by atoms with van der Waals surface area (Å²) in [5, 5.41) is 6.98. The number of halogens is 1. The molecule has 0 aliphatic carbocycles. The maximum Gasteiger partial charge on any atom is 0.224 e. The molecule has 1 aromatic rings. The lowest BCUT2D eigenvalue weighted by Crippen LogP contribution is -2.35. The normalized spacial score (nSPS) is 23.0. The zero-order chi connectivity index (χ0) is 13.0. The van der Waals surface area contributed by atoms with Crippen LogP contribution >= 0.6 is 11.6 Å². The molecular weight excluding hydrogens is 248 g/mol. The Morgan fingerprint density at radius 1 is 1.50 bits per heavy atom. The Bertz CT molecular complexity index is 422. The smallest absolute Gasteiger partial charge is 0.224 e. The van der Waals surface area contributed by atoms with Crippen LogP contribution in [0.3, 0.4) is 0 Å². The molecule has 1 aliphatic rings. The van der Waals surface area contributed by atoms with Crippen molar-refractivity contribution in [2.75, 3.05) is 19.6 Å². The van der Waals surface area contributed by atoms with Gasteiger partial charge in [0.15, 0.2) is 0 Å². The quantitative estimate of drug-likeness (QED) is 0.873. The second kappa shape index (κ2) is 6.21. The number of nitrogens with one attached hydrogen (secondary N) is 2. The molecule has 1 aliphatic heterocycles. The number of rotatable bonds is 4. The van der Waals surface area contributed by atoms with Crippen LogP contribution < -0.4 is 10.6 Å². The van der Waals surface area contributed by atoms with Gasteiger partial charge < -0.3 is 10.6 Å². The van der Waals surface area contributed by atoms with Crippen LogP contribution in [0, 0.1) is 11.8 Å². The molecule has 1 aromatic carbocycles. The Hall–Kier alpha value is -1.06. The SMILES string of the molecule is C[C@@H]1CNC[C@H]1C(=O)NCCc1cccc(Cl)c1. The molecule has 0 aromatic heterocycles. The molecule has 1 heterocycles. The largest absolute Gasteiger partial charge is 0.355 e. The van der Waals surface area contributed by atoms with Crippen LogP contribution in [-0.2, 0) is 11.2 Å². The van der Waals surface area contributed by atoms with Crippen molar-refractivity contribution >= 4 is 17.5 Å². The summed E-state index contributed by atoms with van der Waals surface area (Å²) in [6, 6.07) is 7.75. The fourth-order valence-electron chi connectivity index (χ4n) is 2.31. The Morgan fingerprint density at radius 2 is 2.33 bits per heavy atom. The van der Waals surface area contributed by atoms with E-state index in [9.17, 15) is 4.79 Å². The van der Waals surface area contributed by atoms with E-state index < -0.39 is 0 Å². The van der Waals surface area contributed by atoms with Gasteiger partial charge in [0.1, 0.15) is 0 Å². The first kappa shape index (κ1) is 13.4. The maximum atomic E-state index is 11.9. The van der Waals surface area contributed by atoms with Gasteiger partial charge in [-0.1, -0.05) is 30.7 Å². The van der Waals surface area contributed by atoms with E-state index in [-0.39, 0.29) is 11.8 Å². The molecule has 2 atom stereocenters. The highest BCUT2D eigenvalue weighted by Gasteiger charge is 2.28. The standard InChI is InChI=1S/C14H19ClN2O/c1-10-8-16-9-13(10)14(18)17-6-5-11-3-2-4-12(15)7-11/h2-4,7,10,13,16H,5-6,8-9H2,1H3,(H,17,18)/t10-,13-/m1/s1. The third kappa shape index (κ3) is 3.47. The maximum absolute atomic E-state index is 11.9. The van der Waals surface area contributed by atoms with Crippen molar-refractivity contribution in [2.24, 2.45) is 11.8 Å². The number of benzene rings is 1. The Labute approximate surface area is 113 Å².